The SMILES string of the molecule is Cc1nc(NC(=O)OC(C)(C)C)nc(Cl)c1C. The minimum absolute atomic E-state index is 0.146. The number of nitrogens with zero attached hydrogens (tertiary/aromatic N) is 2. The zero-order valence-electron chi connectivity index (χ0n) is 10.6. The summed E-state index contributed by atoms with van der Waals surface area (Å²) in [6.45, 7) is 8.94. The van der Waals surface area contributed by atoms with Crippen LogP contribution in [0, 0.1) is 13.8 Å². The molecule has 1 aromatic heterocycles. The summed E-state index contributed by atoms with van der Waals surface area (Å²) in [5.41, 5.74) is 0.950. The molecule has 0 spiro atoms. The van der Waals surface area contributed by atoms with Crippen molar-refractivity contribution < 1.29 is 9.53 Å². The first-order valence-corrected chi connectivity index (χ1v) is 5.57. The normalized spacial score (nSPS) is 11.2. The third-order valence-corrected chi connectivity index (χ3v) is 2.31. The van der Waals surface area contributed by atoms with Gasteiger partial charge in [-0.1, -0.05) is 11.6 Å². The Morgan fingerprint density at radius 3 is 2.35 bits per heavy atom. The van der Waals surface area contributed by atoms with Crippen LogP contribution < -0.4 is 5.32 Å². The third kappa shape index (κ3) is 4.19. The van der Waals surface area contributed by atoms with Crippen LogP contribution >= 0.6 is 11.6 Å². The monoisotopic (exact) mass is 257 g/mol. The van der Waals surface area contributed by atoms with Crippen molar-refractivity contribution >= 4 is 23.6 Å². The molecule has 5 nitrogen and oxygen atoms in total. The molecule has 0 aliphatic heterocycles. The van der Waals surface area contributed by atoms with E-state index < -0.39 is 11.7 Å². The topological polar surface area (TPSA) is 64.1 Å². The molecule has 1 amide bonds. The summed E-state index contributed by atoms with van der Waals surface area (Å²) < 4.78 is 5.08. The maximum Gasteiger partial charge on any atom is 0.414 e. The number of carbonyl (C=O) groups is 1. The Hall–Kier alpha value is -1.36. The number of ether oxygens (including phenoxy) is 1. The van der Waals surface area contributed by atoms with Crippen molar-refractivity contribution in [1.82, 2.24) is 9.97 Å². The van der Waals surface area contributed by atoms with E-state index in [1.165, 1.54) is 0 Å². The van der Waals surface area contributed by atoms with Crippen LogP contribution in [0.1, 0.15) is 32.0 Å². The predicted molar refractivity (Wildman–Crippen MR) is 66.4 cm³/mol. The average Bonchev–Trinajstić information content (AvgIpc) is 2.10. The number of hydrogen-bond acceptors (Lipinski definition) is 4. The zero-order chi connectivity index (χ0) is 13.2. The molecule has 0 aliphatic carbocycles. The van der Waals surface area contributed by atoms with Gasteiger partial charge in [0.1, 0.15) is 10.8 Å². The fraction of sp³-hybridized carbons (Fsp3) is 0.545. The highest BCUT2D eigenvalue weighted by atomic mass is 35.5. The second-order valence-corrected chi connectivity index (χ2v) is 5.03. The minimum Gasteiger partial charge on any atom is -0.444 e. The first kappa shape index (κ1) is 13.7. The lowest BCUT2D eigenvalue weighted by molar-refractivity contribution is 0.0634. The van der Waals surface area contributed by atoms with Crippen molar-refractivity contribution in [2.75, 3.05) is 5.32 Å². The summed E-state index contributed by atoms with van der Waals surface area (Å²) in [5.74, 6) is 0.146. The summed E-state index contributed by atoms with van der Waals surface area (Å²) in [6, 6.07) is 0. The Bertz CT molecular complexity index is 418. The molecule has 0 saturated heterocycles. The quantitative estimate of drug-likeness (QED) is 0.785. The molecule has 1 heterocycles. The van der Waals surface area contributed by atoms with Gasteiger partial charge in [-0.25, -0.2) is 14.8 Å². The highest BCUT2D eigenvalue weighted by Crippen LogP contribution is 2.17. The molecule has 0 aliphatic rings. The highest BCUT2D eigenvalue weighted by molar-refractivity contribution is 6.30. The fourth-order valence-electron chi connectivity index (χ4n) is 1.04. The molecular weight excluding hydrogens is 242 g/mol. The second-order valence-electron chi connectivity index (χ2n) is 4.68. The van der Waals surface area contributed by atoms with Crippen LogP contribution in [0.5, 0.6) is 0 Å². The first-order chi connectivity index (χ1) is 7.69. The lowest BCUT2D eigenvalue weighted by Crippen LogP contribution is -2.28. The van der Waals surface area contributed by atoms with E-state index >= 15 is 0 Å². The van der Waals surface area contributed by atoms with Crippen LogP contribution in [-0.4, -0.2) is 21.7 Å². The lowest BCUT2D eigenvalue weighted by Gasteiger charge is -2.19. The van der Waals surface area contributed by atoms with E-state index in [1.54, 1.807) is 27.7 Å². The van der Waals surface area contributed by atoms with E-state index in [0.717, 1.165) is 11.3 Å². The van der Waals surface area contributed by atoms with Crippen LogP contribution in [0.4, 0.5) is 10.7 Å². The standard InChI is InChI=1S/C11H16ClN3O2/c1-6-7(2)13-9(14-8(6)12)15-10(16)17-11(3,4)5/h1-5H3,(H,13,14,15,16). The van der Waals surface area contributed by atoms with E-state index in [4.69, 9.17) is 16.3 Å². The van der Waals surface area contributed by atoms with Gasteiger partial charge >= 0.3 is 6.09 Å². The van der Waals surface area contributed by atoms with Crippen LogP contribution in [0.25, 0.3) is 0 Å². The van der Waals surface area contributed by atoms with Gasteiger partial charge in [0.05, 0.1) is 0 Å². The van der Waals surface area contributed by atoms with Gasteiger partial charge in [0, 0.05) is 11.3 Å². The molecular formula is C11H16ClN3O2. The summed E-state index contributed by atoms with van der Waals surface area (Å²) in [4.78, 5) is 19.5. The Kier molecular flexibility index (Phi) is 3.93. The predicted octanol–water partition coefficient (Wildman–Crippen LogP) is 3.09. The maximum atomic E-state index is 11.5. The molecule has 0 saturated carbocycles. The zero-order valence-corrected chi connectivity index (χ0v) is 11.3. The fourth-order valence-corrected chi connectivity index (χ4v) is 1.26. The number of amides is 1. The van der Waals surface area contributed by atoms with Crippen molar-refractivity contribution in [3.63, 3.8) is 0 Å². The van der Waals surface area contributed by atoms with E-state index in [0.29, 0.717) is 5.15 Å². The highest BCUT2D eigenvalue weighted by Gasteiger charge is 2.17. The summed E-state index contributed by atoms with van der Waals surface area (Å²) in [5, 5.41) is 2.76. The van der Waals surface area contributed by atoms with Gasteiger partial charge in [-0.2, -0.15) is 0 Å². The molecule has 94 valence electrons. The average molecular weight is 258 g/mol. The molecule has 0 bridgehead atoms. The van der Waals surface area contributed by atoms with E-state index in [2.05, 4.69) is 15.3 Å². The van der Waals surface area contributed by atoms with E-state index in [-0.39, 0.29) is 5.95 Å². The lowest BCUT2D eigenvalue weighted by atomic mass is 10.2. The number of hydrogen-bond donors (Lipinski definition) is 1. The molecule has 0 radical (unpaired) electrons. The number of halogens is 1. The van der Waals surface area contributed by atoms with E-state index in [1.807, 2.05) is 6.92 Å². The third-order valence-electron chi connectivity index (χ3n) is 1.94. The molecule has 0 unspecified atom stereocenters. The largest absolute Gasteiger partial charge is 0.444 e. The van der Waals surface area contributed by atoms with Gasteiger partial charge in [-0.05, 0) is 34.6 Å². The first-order valence-electron chi connectivity index (χ1n) is 5.20. The number of nitrogens with one attached hydrogen (secondary N) is 1. The Balaban J connectivity index is 2.79. The molecule has 0 fully saturated rings. The van der Waals surface area contributed by atoms with Crippen molar-refractivity contribution in [1.29, 1.82) is 0 Å². The van der Waals surface area contributed by atoms with Gasteiger partial charge in [0.25, 0.3) is 0 Å². The smallest absolute Gasteiger partial charge is 0.414 e. The second kappa shape index (κ2) is 4.87. The number of carbonyl (C=O) groups excluding carboxylic acids is 1. The van der Waals surface area contributed by atoms with Gasteiger partial charge in [-0.15, -0.1) is 0 Å². The summed E-state index contributed by atoms with van der Waals surface area (Å²) in [6.07, 6.45) is -0.600. The van der Waals surface area contributed by atoms with Crippen LogP contribution in [0.2, 0.25) is 5.15 Å². The molecule has 17 heavy (non-hydrogen) atoms. The van der Waals surface area contributed by atoms with Crippen LogP contribution in [0.15, 0.2) is 0 Å². The van der Waals surface area contributed by atoms with Crippen molar-refractivity contribution in [3.05, 3.63) is 16.4 Å². The molecule has 6 heteroatoms. The van der Waals surface area contributed by atoms with Gasteiger partial charge in [0.2, 0.25) is 5.95 Å². The number of aryl methyl sites for hydroxylation is 1. The number of anilines is 1. The molecule has 1 N–H and O–H groups in total. The van der Waals surface area contributed by atoms with Crippen molar-refractivity contribution in [3.8, 4) is 0 Å². The summed E-state index contributed by atoms with van der Waals surface area (Å²) >= 11 is 5.89. The van der Waals surface area contributed by atoms with Crippen LogP contribution in [0.3, 0.4) is 0 Å². The Morgan fingerprint density at radius 1 is 1.29 bits per heavy atom. The molecule has 0 aromatic carbocycles. The minimum atomic E-state index is -0.600. The molecule has 1 aromatic rings. The van der Waals surface area contributed by atoms with Gasteiger partial charge < -0.3 is 4.74 Å². The Morgan fingerprint density at radius 2 is 1.88 bits per heavy atom. The maximum absolute atomic E-state index is 11.5. The number of rotatable bonds is 1. The molecule has 0 atom stereocenters. The number of aromatic nitrogens is 2. The van der Waals surface area contributed by atoms with Gasteiger partial charge in [0.15, 0.2) is 0 Å². The van der Waals surface area contributed by atoms with E-state index in [9.17, 15) is 4.79 Å². The van der Waals surface area contributed by atoms with Gasteiger partial charge in [-0.3, -0.25) is 5.32 Å². The van der Waals surface area contributed by atoms with Crippen molar-refractivity contribution in [2.45, 2.75) is 40.2 Å². The summed E-state index contributed by atoms with van der Waals surface area (Å²) in [7, 11) is 0. The van der Waals surface area contributed by atoms with Crippen molar-refractivity contribution in [2.24, 2.45) is 0 Å². The molecule has 1 rings (SSSR count). The Labute approximate surface area is 106 Å². The van der Waals surface area contributed by atoms with Crippen LogP contribution in [-0.2, 0) is 4.74 Å².